The van der Waals surface area contributed by atoms with Crippen LogP contribution < -0.4 is 10.0 Å². The van der Waals surface area contributed by atoms with Crippen molar-refractivity contribution in [3.63, 3.8) is 0 Å². The molecule has 0 fully saturated rings. The molecule has 0 aliphatic heterocycles. The summed E-state index contributed by atoms with van der Waals surface area (Å²) in [5.74, 6) is -0.370. The number of rotatable bonds is 13. The summed E-state index contributed by atoms with van der Waals surface area (Å²) in [6, 6.07) is 17.1. The van der Waals surface area contributed by atoms with Crippen molar-refractivity contribution in [1.82, 2.24) is 14.9 Å². The molecule has 0 saturated carbocycles. The van der Waals surface area contributed by atoms with Crippen LogP contribution in [0.15, 0.2) is 103 Å². The Kier molecular flexibility index (Phi) is 10.6. The molecule has 0 saturated heterocycles. The van der Waals surface area contributed by atoms with Gasteiger partial charge in [-0.3, -0.25) is 9.69 Å². The van der Waals surface area contributed by atoms with Crippen LogP contribution in [-0.2, 0) is 34.0 Å². The maximum Gasteiger partial charge on any atom is 0.416 e. The molecule has 1 amide bonds. The van der Waals surface area contributed by atoms with Gasteiger partial charge in [0.05, 0.1) is 22.5 Å². The lowest BCUT2D eigenvalue weighted by Crippen LogP contribution is -2.36. The van der Waals surface area contributed by atoms with Gasteiger partial charge in [-0.05, 0) is 59.7 Å². The normalized spacial score (nSPS) is 15.9. The molecule has 0 bridgehead atoms. The zero-order valence-electron chi connectivity index (χ0n) is 23.8. The van der Waals surface area contributed by atoms with Crippen LogP contribution in [0, 0.1) is 0 Å². The van der Waals surface area contributed by atoms with Gasteiger partial charge in [-0.1, -0.05) is 66.7 Å². The second-order valence-electron chi connectivity index (χ2n) is 10.6. The Labute approximate surface area is 251 Å². The highest BCUT2D eigenvalue weighted by molar-refractivity contribution is 7.89. The molecule has 1 aliphatic rings. The third-order valence-electron chi connectivity index (χ3n) is 7.40. The second-order valence-corrected chi connectivity index (χ2v) is 12.3. The number of carbonyl (C=O) groups excluding carboxylic acids is 1. The molecule has 0 spiro atoms. The summed E-state index contributed by atoms with van der Waals surface area (Å²) in [6.45, 7) is 9.87. The van der Waals surface area contributed by atoms with Crippen molar-refractivity contribution >= 4 is 15.9 Å². The molecule has 43 heavy (non-hydrogen) atoms. The van der Waals surface area contributed by atoms with E-state index in [9.17, 15) is 26.4 Å². The Morgan fingerprint density at radius 3 is 2.40 bits per heavy atom. The summed E-state index contributed by atoms with van der Waals surface area (Å²) in [5.41, 5.74) is 2.80. The first-order valence-corrected chi connectivity index (χ1v) is 15.6. The van der Waals surface area contributed by atoms with Crippen LogP contribution in [0.2, 0.25) is 0 Å². The molecule has 228 valence electrons. The fraction of sp³-hybridized carbons (Fsp3) is 0.303. The van der Waals surface area contributed by atoms with Gasteiger partial charge in [0, 0.05) is 26.1 Å². The van der Waals surface area contributed by atoms with Gasteiger partial charge in [-0.15, -0.1) is 13.2 Å². The lowest BCUT2D eigenvalue weighted by Gasteiger charge is -2.28. The standard InChI is InChI=1S/C33H36F3N3O3S/c1-3-18-39(19-4-2)23-24-16-17-29-26(20-24)12-8-15-30(29)37-32(40)22-31(25-10-6-5-7-11-25)38-43(41,42)28-14-9-13-27(21-28)33(34,35)36/h3-7,9-11,13-14,16-17,20-21,30-31,38H,1-2,8,12,15,18-19,22-23H2,(H,37,40)/t30-,31-/m1/s1. The number of alkyl halides is 3. The van der Waals surface area contributed by atoms with E-state index >= 15 is 0 Å². The molecule has 1 aliphatic carbocycles. The minimum Gasteiger partial charge on any atom is -0.349 e. The number of aryl methyl sites for hydroxylation is 1. The highest BCUT2D eigenvalue weighted by Crippen LogP contribution is 2.33. The second kappa shape index (κ2) is 14.2. The predicted molar refractivity (Wildman–Crippen MR) is 162 cm³/mol. The van der Waals surface area contributed by atoms with E-state index in [0.29, 0.717) is 11.6 Å². The molecular formula is C33H36F3N3O3S. The van der Waals surface area contributed by atoms with Crippen LogP contribution in [0.1, 0.15) is 59.2 Å². The number of hydrogen-bond acceptors (Lipinski definition) is 4. The lowest BCUT2D eigenvalue weighted by molar-refractivity contribution is -0.137. The average molecular weight is 612 g/mol. The molecule has 0 radical (unpaired) electrons. The monoisotopic (exact) mass is 611 g/mol. The van der Waals surface area contributed by atoms with Gasteiger partial charge in [0.15, 0.2) is 0 Å². The van der Waals surface area contributed by atoms with Crippen molar-refractivity contribution in [2.75, 3.05) is 13.1 Å². The number of benzene rings is 3. The van der Waals surface area contributed by atoms with E-state index in [4.69, 9.17) is 0 Å². The zero-order chi connectivity index (χ0) is 31.0. The van der Waals surface area contributed by atoms with E-state index in [-0.39, 0.29) is 18.4 Å². The lowest BCUT2D eigenvalue weighted by atomic mass is 9.86. The Morgan fingerprint density at radius 2 is 1.72 bits per heavy atom. The van der Waals surface area contributed by atoms with E-state index in [1.165, 1.54) is 0 Å². The first-order valence-electron chi connectivity index (χ1n) is 14.1. The minimum absolute atomic E-state index is 0.232. The molecule has 0 unspecified atom stereocenters. The number of fused-ring (bicyclic) bond motifs is 1. The fourth-order valence-electron chi connectivity index (χ4n) is 5.39. The highest BCUT2D eigenvalue weighted by Gasteiger charge is 2.33. The third-order valence-corrected chi connectivity index (χ3v) is 8.87. The Hall–Kier alpha value is -3.73. The number of halogens is 3. The van der Waals surface area contributed by atoms with Crippen molar-refractivity contribution in [2.45, 2.75) is 55.4 Å². The summed E-state index contributed by atoms with van der Waals surface area (Å²) >= 11 is 0. The van der Waals surface area contributed by atoms with Crippen molar-refractivity contribution < 1.29 is 26.4 Å². The quantitative estimate of drug-likeness (QED) is 0.217. The maximum atomic E-state index is 13.3. The van der Waals surface area contributed by atoms with Gasteiger partial charge in [0.2, 0.25) is 15.9 Å². The van der Waals surface area contributed by atoms with Crippen LogP contribution in [0.4, 0.5) is 13.2 Å². The van der Waals surface area contributed by atoms with E-state index < -0.39 is 32.7 Å². The van der Waals surface area contributed by atoms with E-state index in [0.717, 1.165) is 73.8 Å². The van der Waals surface area contributed by atoms with Crippen LogP contribution >= 0.6 is 0 Å². The number of nitrogens with zero attached hydrogens (tertiary/aromatic N) is 1. The summed E-state index contributed by atoms with van der Waals surface area (Å²) in [4.78, 5) is 15.0. The SMILES string of the molecule is C=CCN(CC=C)Cc1ccc2c(c1)CCC[C@H]2NC(=O)C[C@@H](NS(=O)(=O)c1cccc(C(F)(F)F)c1)c1ccccc1. The molecule has 3 aromatic carbocycles. The van der Waals surface area contributed by atoms with Crippen molar-refractivity contribution in [2.24, 2.45) is 0 Å². The zero-order valence-corrected chi connectivity index (χ0v) is 24.6. The molecule has 0 aromatic heterocycles. The Balaban J connectivity index is 1.51. The van der Waals surface area contributed by atoms with Gasteiger partial charge in [0.25, 0.3) is 0 Å². The van der Waals surface area contributed by atoms with Crippen LogP contribution in [0.25, 0.3) is 0 Å². The molecule has 2 atom stereocenters. The average Bonchev–Trinajstić information content (AvgIpc) is 2.97. The molecule has 6 nitrogen and oxygen atoms in total. The summed E-state index contributed by atoms with van der Waals surface area (Å²) in [5, 5.41) is 3.07. The van der Waals surface area contributed by atoms with E-state index in [1.54, 1.807) is 30.3 Å². The topological polar surface area (TPSA) is 78.5 Å². The molecule has 3 aromatic rings. The highest BCUT2D eigenvalue weighted by atomic mass is 32.2. The predicted octanol–water partition coefficient (Wildman–Crippen LogP) is 6.48. The summed E-state index contributed by atoms with van der Waals surface area (Å²) in [7, 11) is -4.39. The first-order chi connectivity index (χ1) is 20.5. The van der Waals surface area contributed by atoms with Gasteiger partial charge in [-0.2, -0.15) is 13.2 Å². The maximum absolute atomic E-state index is 13.3. The van der Waals surface area contributed by atoms with Crippen LogP contribution in [-0.4, -0.2) is 32.3 Å². The number of nitrogens with one attached hydrogen (secondary N) is 2. The van der Waals surface area contributed by atoms with Gasteiger partial charge >= 0.3 is 6.18 Å². The van der Waals surface area contributed by atoms with Crippen LogP contribution in [0.5, 0.6) is 0 Å². The van der Waals surface area contributed by atoms with Crippen LogP contribution in [0.3, 0.4) is 0 Å². The van der Waals surface area contributed by atoms with Crippen molar-refractivity contribution in [3.8, 4) is 0 Å². The Bertz CT molecular complexity index is 1530. The smallest absolute Gasteiger partial charge is 0.349 e. The molecule has 2 N–H and O–H groups in total. The number of amides is 1. The molecule has 10 heteroatoms. The Morgan fingerprint density at radius 1 is 1.00 bits per heavy atom. The largest absolute Gasteiger partial charge is 0.416 e. The fourth-order valence-corrected chi connectivity index (χ4v) is 6.66. The first kappa shape index (κ1) is 32.2. The van der Waals surface area contributed by atoms with E-state index in [2.05, 4.69) is 40.2 Å². The van der Waals surface area contributed by atoms with Gasteiger partial charge < -0.3 is 5.32 Å². The van der Waals surface area contributed by atoms with Gasteiger partial charge in [0.1, 0.15) is 0 Å². The van der Waals surface area contributed by atoms with Crippen molar-refractivity contribution in [3.05, 3.63) is 126 Å². The third kappa shape index (κ3) is 8.65. The molecular weight excluding hydrogens is 575 g/mol. The molecule has 0 heterocycles. The number of carbonyl (C=O) groups is 1. The summed E-state index contributed by atoms with van der Waals surface area (Å²) in [6.07, 6.45) is 1.30. The summed E-state index contributed by atoms with van der Waals surface area (Å²) < 4.78 is 68.6. The van der Waals surface area contributed by atoms with E-state index in [1.807, 2.05) is 18.2 Å². The van der Waals surface area contributed by atoms with Gasteiger partial charge in [-0.25, -0.2) is 13.1 Å². The van der Waals surface area contributed by atoms with Crippen molar-refractivity contribution in [1.29, 1.82) is 0 Å². The number of sulfonamides is 1. The number of hydrogen-bond donors (Lipinski definition) is 2. The minimum atomic E-state index is -4.70. The molecule has 4 rings (SSSR count).